The van der Waals surface area contributed by atoms with Crippen LogP contribution in [0.15, 0.2) is 60.0 Å². The standard InChI is InChI=1S/C21H20N6O3S/c1-29-16-7-15(8-17(9-16)30-2)26-21(28)25-14-5-3-4-13(6-14)11-31-20-18-10-24-27-19(18)22-12-23-20/h3-10,12H,11H2,1-2H3,(H2,25,26,28)(H,22,23,24,27). The van der Waals surface area contributed by atoms with Crippen molar-refractivity contribution in [2.24, 2.45) is 0 Å². The summed E-state index contributed by atoms with van der Waals surface area (Å²) in [6, 6.07) is 12.5. The Hall–Kier alpha value is -3.79. The molecule has 0 aliphatic carbocycles. The molecule has 4 aromatic rings. The average Bonchev–Trinajstić information content (AvgIpc) is 3.27. The topological polar surface area (TPSA) is 114 Å². The first-order chi connectivity index (χ1) is 15.1. The minimum absolute atomic E-state index is 0.365. The van der Waals surface area contributed by atoms with E-state index in [1.165, 1.54) is 6.33 Å². The Morgan fingerprint density at radius 2 is 1.81 bits per heavy atom. The lowest BCUT2D eigenvalue weighted by Gasteiger charge is -2.11. The number of H-pyrrole nitrogens is 1. The van der Waals surface area contributed by atoms with Crippen LogP contribution in [-0.4, -0.2) is 40.4 Å². The quantitative estimate of drug-likeness (QED) is 0.292. The number of carbonyl (C=O) groups excluding carboxylic acids is 1. The van der Waals surface area contributed by atoms with Crippen LogP contribution in [-0.2, 0) is 5.75 Å². The molecule has 31 heavy (non-hydrogen) atoms. The SMILES string of the molecule is COc1cc(NC(=O)Nc2cccc(CSc3ncnc4[nH]ncc34)c2)cc(OC)c1. The fraction of sp³-hybridized carbons (Fsp3) is 0.143. The molecule has 0 saturated heterocycles. The van der Waals surface area contributed by atoms with Gasteiger partial charge in [-0.1, -0.05) is 12.1 Å². The van der Waals surface area contributed by atoms with Crippen LogP contribution in [0.1, 0.15) is 5.56 Å². The van der Waals surface area contributed by atoms with E-state index in [-0.39, 0.29) is 6.03 Å². The highest BCUT2D eigenvalue weighted by atomic mass is 32.2. The number of amides is 2. The molecule has 0 aliphatic rings. The molecule has 0 bridgehead atoms. The highest BCUT2D eigenvalue weighted by Crippen LogP contribution is 2.28. The van der Waals surface area contributed by atoms with Gasteiger partial charge in [-0.3, -0.25) is 5.10 Å². The summed E-state index contributed by atoms with van der Waals surface area (Å²) >= 11 is 1.58. The number of nitrogens with zero attached hydrogens (tertiary/aromatic N) is 3. The Morgan fingerprint density at radius 1 is 1.03 bits per heavy atom. The lowest BCUT2D eigenvalue weighted by molar-refractivity contribution is 0.262. The van der Waals surface area contributed by atoms with Crippen LogP contribution in [0.5, 0.6) is 11.5 Å². The lowest BCUT2D eigenvalue weighted by atomic mass is 10.2. The summed E-state index contributed by atoms with van der Waals surface area (Å²) in [5.41, 5.74) is 3.00. The fourth-order valence-electron chi connectivity index (χ4n) is 2.92. The maximum atomic E-state index is 12.5. The van der Waals surface area contributed by atoms with Crippen molar-refractivity contribution in [3.63, 3.8) is 0 Å². The van der Waals surface area contributed by atoms with Gasteiger partial charge in [0.2, 0.25) is 0 Å². The van der Waals surface area contributed by atoms with Gasteiger partial charge >= 0.3 is 6.03 Å². The minimum Gasteiger partial charge on any atom is -0.497 e. The molecule has 2 aromatic heterocycles. The van der Waals surface area contributed by atoms with E-state index < -0.39 is 0 Å². The summed E-state index contributed by atoms with van der Waals surface area (Å²) in [6.45, 7) is 0. The zero-order chi connectivity index (χ0) is 21.6. The Labute approximate surface area is 182 Å². The second-order valence-electron chi connectivity index (χ2n) is 6.48. The van der Waals surface area contributed by atoms with Crippen molar-refractivity contribution in [1.29, 1.82) is 0 Å². The van der Waals surface area contributed by atoms with Crippen LogP contribution < -0.4 is 20.1 Å². The summed E-state index contributed by atoms with van der Waals surface area (Å²) in [5, 5.41) is 14.2. The number of fused-ring (bicyclic) bond motifs is 1. The summed E-state index contributed by atoms with van der Waals surface area (Å²) in [4.78, 5) is 20.9. The molecule has 2 amide bonds. The lowest BCUT2D eigenvalue weighted by Crippen LogP contribution is -2.19. The van der Waals surface area contributed by atoms with Gasteiger partial charge in [-0.05, 0) is 17.7 Å². The molecule has 0 spiro atoms. The zero-order valence-electron chi connectivity index (χ0n) is 16.9. The van der Waals surface area contributed by atoms with E-state index >= 15 is 0 Å². The Bertz CT molecular complexity index is 1190. The number of thioether (sulfide) groups is 1. The van der Waals surface area contributed by atoms with Crippen LogP contribution in [0.4, 0.5) is 16.2 Å². The number of anilines is 2. The van der Waals surface area contributed by atoms with E-state index in [9.17, 15) is 4.79 Å². The van der Waals surface area contributed by atoms with Crippen molar-refractivity contribution >= 4 is 40.2 Å². The number of aromatic nitrogens is 4. The molecule has 0 aliphatic heterocycles. The van der Waals surface area contributed by atoms with Gasteiger partial charge in [0.25, 0.3) is 0 Å². The van der Waals surface area contributed by atoms with E-state index in [0.29, 0.717) is 34.3 Å². The zero-order valence-corrected chi connectivity index (χ0v) is 17.7. The number of carbonyl (C=O) groups is 1. The molecule has 0 fully saturated rings. The number of methoxy groups -OCH3 is 2. The van der Waals surface area contributed by atoms with E-state index in [1.54, 1.807) is 50.4 Å². The Kier molecular flexibility index (Phi) is 6.18. The summed E-state index contributed by atoms with van der Waals surface area (Å²) < 4.78 is 10.5. The molecule has 158 valence electrons. The second kappa shape index (κ2) is 9.35. The molecule has 4 rings (SSSR count). The molecule has 0 saturated carbocycles. The molecule has 10 heteroatoms. The second-order valence-corrected chi connectivity index (χ2v) is 7.44. The van der Waals surface area contributed by atoms with Crippen molar-refractivity contribution in [2.45, 2.75) is 10.8 Å². The molecule has 2 aromatic carbocycles. The smallest absolute Gasteiger partial charge is 0.323 e. The molecule has 0 radical (unpaired) electrons. The third-order valence-electron chi connectivity index (χ3n) is 4.38. The maximum Gasteiger partial charge on any atom is 0.323 e. The monoisotopic (exact) mass is 436 g/mol. The first-order valence-electron chi connectivity index (χ1n) is 9.31. The number of aromatic amines is 1. The van der Waals surface area contributed by atoms with Gasteiger partial charge in [-0.25, -0.2) is 14.8 Å². The number of nitrogens with one attached hydrogen (secondary N) is 3. The highest BCUT2D eigenvalue weighted by Gasteiger charge is 2.09. The summed E-state index contributed by atoms with van der Waals surface area (Å²) in [5.74, 6) is 1.86. The number of hydrogen-bond acceptors (Lipinski definition) is 7. The van der Waals surface area contributed by atoms with Gasteiger partial charge in [-0.15, -0.1) is 11.8 Å². The molecular weight excluding hydrogens is 416 g/mol. The number of ether oxygens (including phenoxy) is 2. The van der Waals surface area contributed by atoms with Gasteiger partial charge < -0.3 is 20.1 Å². The van der Waals surface area contributed by atoms with Crippen molar-refractivity contribution in [2.75, 3.05) is 24.9 Å². The van der Waals surface area contributed by atoms with Gasteiger partial charge in [0.1, 0.15) is 22.9 Å². The predicted molar refractivity (Wildman–Crippen MR) is 120 cm³/mol. The van der Waals surface area contributed by atoms with Crippen LogP contribution in [0.3, 0.4) is 0 Å². The van der Waals surface area contributed by atoms with Crippen molar-refractivity contribution in [3.05, 3.63) is 60.6 Å². The number of rotatable bonds is 7. The summed E-state index contributed by atoms with van der Waals surface area (Å²) in [6.07, 6.45) is 3.23. The Morgan fingerprint density at radius 3 is 2.58 bits per heavy atom. The Balaban J connectivity index is 1.40. The van der Waals surface area contributed by atoms with E-state index in [0.717, 1.165) is 16.0 Å². The van der Waals surface area contributed by atoms with Crippen LogP contribution >= 0.6 is 11.8 Å². The fourth-order valence-corrected chi connectivity index (χ4v) is 3.83. The molecule has 0 atom stereocenters. The summed E-state index contributed by atoms with van der Waals surface area (Å²) in [7, 11) is 3.11. The van der Waals surface area contributed by atoms with E-state index in [4.69, 9.17) is 9.47 Å². The average molecular weight is 436 g/mol. The predicted octanol–water partition coefficient (Wildman–Crippen LogP) is 4.31. The van der Waals surface area contributed by atoms with Crippen LogP contribution in [0.2, 0.25) is 0 Å². The van der Waals surface area contributed by atoms with Gasteiger partial charge in [0.15, 0.2) is 5.65 Å². The van der Waals surface area contributed by atoms with Crippen molar-refractivity contribution < 1.29 is 14.3 Å². The third kappa shape index (κ3) is 5.04. The highest BCUT2D eigenvalue weighted by molar-refractivity contribution is 7.98. The molecular formula is C21H20N6O3S. The maximum absolute atomic E-state index is 12.5. The normalized spacial score (nSPS) is 10.6. The third-order valence-corrected chi connectivity index (χ3v) is 5.46. The first kappa shape index (κ1) is 20.5. The van der Waals surface area contributed by atoms with Gasteiger partial charge in [0, 0.05) is 35.3 Å². The van der Waals surface area contributed by atoms with Crippen LogP contribution in [0, 0.1) is 0 Å². The molecule has 9 nitrogen and oxygen atoms in total. The molecule has 3 N–H and O–H groups in total. The van der Waals surface area contributed by atoms with Crippen molar-refractivity contribution in [1.82, 2.24) is 20.2 Å². The largest absolute Gasteiger partial charge is 0.497 e. The van der Waals surface area contributed by atoms with Crippen LogP contribution in [0.25, 0.3) is 11.0 Å². The first-order valence-corrected chi connectivity index (χ1v) is 10.3. The number of urea groups is 1. The number of hydrogen-bond donors (Lipinski definition) is 3. The van der Waals surface area contributed by atoms with Gasteiger partial charge in [0.05, 0.1) is 25.8 Å². The van der Waals surface area contributed by atoms with E-state index in [2.05, 4.69) is 30.8 Å². The number of benzene rings is 2. The van der Waals surface area contributed by atoms with Crippen molar-refractivity contribution in [3.8, 4) is 11.5 Å². The van der Waals surface area contributed by atoms with Gasteiger partial charge in [-0.2, -0.15) is 5.10 Å². The van der Waals surface area contributed by atoms with E-state index in [1.807, 2.05) is 24.3 Å². The molecule has 0 unspecified atom stereocenters. The minimum atomic E-state index is -0.365. The molecule has 2 heterocycles.